The number of carboxylic acid groups (broad SMARTS) is 1. The first kappa shape index (κ1) is 16.9. The van der Waals surface area contributed by atoms with Crippen molar-refractivity contribution >= 4 is 11.8 Å². The first-order valence-corrected chi connectivity index (χ1v) is 5.70. The maximum absolute atomic E-state index is 13.2. The summed E-state index contributed by atoms with van der Waals surface area (Å²) in [5.41, 5.74) is 5.34. The van der Waals surface area contributed by atoms with Crippen LogP contribution in [-0.4, -0.2) is 29.5 Å². The van der Waals surface area contributed by atoms with Gasteiger partial charge >= 0.3 is 5.97 Å². The van der Waals surface area contributed by atoms with E-state index in [0.717, 1.165) is 0 Å². The van der Waals surface area contributed by atoms with E-state index in [1.807, 2.05) is 0 Å². The Morgan fingerprint density at radius 2 is 1.71 bits per heavy atom. The standard InChI is InChI=1S/C12H11F4NO4/c13-5-3-6(14)11(16)12(10(5)15)21-4-8(18)7(17)1-2-9(19)20/h3,7H,1-2,4,17H2,(H,19,20)/t7-/m0/s1. The van der Waals surface area contributed by atoms with Crippen molar-refractivity contribution in [1.29, 1.82) is 0 Å². The zero-order valence-electron chi connectivity index (χ0n) is 10.5. The fraction of sp³-hybridized carbons (Fsp3) is 0.333. The van der Waals surface area contributed by atoms with Gasteiger partial charge in [0.25, 0.3) is 0 Å². The molecule has 0 unspecified atom stereocenters. The molecule has 1 aromatic rings. The maximum Gasteiger partial charge on any atom is 0.303 e. The molecular formula is C12H11F4NO4. The zero-order valence-corrected chi connectivity index (χ0v) is 10.5. The van der Waals surface area contributed by atoms with E-state index in [2.05, 4.69) is 4.74 Å². The number of carbonyl (C=O) groups is 2. The molecule has 0 aliphatic carbocycles. The number of hydrogen-bond acceptors (Lipinski definition) is 4. The van der Waals surface area contributed by atoms with Gasteiger partial charge in [-0.15, -0.1) is 0 Å². The number of carbonyl (C=O) groups excluding carboxylic acids is 1. The van der Waals surface area contributed by atoms with Crippen molar-refractivity contribution in [3.8, 4) is 5.75 Å². The summed E-state index contributed by atoms with van der Waals surface area (Å²) in [5.74, 6) is -10.3. The monoisotopic (exact) mass is 309 g/mol. The Hall–Kier alpha value is -2.16. The Kier molecular flexibility index (Phi) is 5.65. The van der Waals surface area contributed by atoms with Crippen LogP contribution in [0.3, 0.4) is 0 Å². The molecule has 0 fully saturated rings. The Balaban J connectivity index is 2.71. The molecule has 0 aliphatic rings. The summed E-state index contributed by atoms with van der Waals surface area (Å²) >= 11 is 0. The molecule has 1 aromatic carbocycles. The summed E-state index contributed by atoms with van der Waals surface area (Å²) in [6.07, 6.45) is -0.593. The lowest BCUT2D eigenvalue weighted by molar-refractivity contribution is -0.137. The van der Waals surface area contributed by atoms with E-state index < -0.39 is 53.4 Å². The van der Waals surface area contributed by atoms with Crippen LogP contribution in [0.5, 0.6) is 5.75 Å². The normalized spacial score (nSPS) is 12.0. The molecule has 0 radical (unpaired) electrons. The largest absolute Gasteiger partial charge is 0.481 e. The molecule has 0 aromatic heterocycles. The van der Waals surface area contributed by atoms with Crippen LogP contribution in [0.2, 0.25) is 0 Å². The van der Waals surface area contributed by atoms with E-state index in [1.54, 1.807) is 0 Å². The van der Waals surface area contributed by atoms with E-state index in [1.165, 1.54) is 0 Å². The number of ketones is 1. The minimum absolute atomic E-state index is 0.00204. The number of rotatable bonds is 7. The second kappa shape index (κ2) is 7.02. The average Bonchev–Trinajstić information content (AvgIpc) is 2.42. The van der Waals surface area contributed by atoms with Crippen molar-refractivity contribution in [2.45, 2.75) is 18.9 Å². The summed E-state index contributed by atoms with van der Waals surface area (Å²) in [6.45, 7) is -0.947. The predicted molar refractivity (Wildman–Crippen MR) is 61.6 cm³/mol. The van der Waals surface area contributed by atoms with Crippen molar-refractivity contribution in [2.24, 2.45) is 5.73 Å². The van der Waals surface area contributed by atoms with Gasteiger partial charge in [-0.3, -0.25) is 9.59 Å². The second-order valence-corrected chi connectivity index (χ2v) is 4.09. The molecule has 0 aliphatic heterocycles. The van der Waals surface area contributed by atoms with Crippen LogP contribution < -0.4 is 10.5 Å². The van der Waals surface area contributed by atoms with Crippen LogP contribution in [0.4, 0.5) is 17.6 Å². The van der Waals surface area contributed by atoms with Crippen LogP contribution in [-0.2, 0) is 9.59 Å². The van der Waals surface area contributed by atoms with Gasteiger partial charge in [0.15, 0.2) is 23.2 Å². The molecule has 21 heavy (non-hydrogen) atoms. The fourth-order valence-corrected chi connectivity index (χ4v) is 1.37. The van der Waals surface area contributed by atoms with E-state index in [9.17, 15) is 27.2 Å². The van der Waals surface area contributed by atoms with E-state index in [4.69, 9.17) is 10.8 Å². The number of ether oxygens (including phenoxy) is 1. The molecule has 9 heteroatoms. The van der Waals surface area contributed by atoms with Gasteiger partial charge in [0.2, 0.25) is 11.6 Å². The second-order valence-electron chi connectivity index (χ2n) is 4.09. The topological polar surface area (TPSA) is 89.6 Å². The van der Waals surface area contributed by atoms with Gasteiger partial charge in [0.1, 0.15) is 6.61 Å². The molecule has 116 valence electrons. The van der Waals surface area contributed by atoms with Gasteiger partial charge in [-0.2, -0.15) is 8.78 Å². The lowest BCUT2D eigenvalue weighted by atomic mass is 10.1. The van der Waals surface area contributed by atoms with E-state index in [-0.39, 0.29) is 18.9 Å². The lowest BCUT2D eigenvalue weighted by Crippen LogP contribution is -2.35. The molecule has 3 N–H and O–H groups in total. The van der Waals surface area contributed by atoms with Gasteiger partial charge in [-0.25, -0.2) is 8.78 Å². The summed E-state index contributed by atoms with van der Waals surface area (Å²) in [4.78, 5) is 21.7. The van der Waals surface area contributed by atoms with Crippen molar-refractivity contribution in [3.05, 3.63) is 29.3 Å². The first-order valence-electron chi connectivity index (χ1n) is 5.70. The minimum atomic E-state index is -1.78. The zero-order chi connectivity index (χ0) is 16.2. The van der Waals surface area contributed by atoms with Crippen LogP contribution in [0, 0.1) is 23.3 Å². The molecular weight excluding hydrogens is 298 g/mol. The molecule has 1 atom stereocenters. The third kappa shape index (κ3) is 4.42. The summed E-state index contributed by atoms with van der Waals surface area (Å²) in [7, 11) is 0. The van der Waals surface area contributed by atoms with Crippen LogP contribution in [0.1, 0.15) is 12.8 Å². The molecule has 1 rings (SSSR count). The number of halogens is 4. The summed E-state index contributed by atoms with van der Waals surface area (Å²) in [5, 5.41) is 8.41. The van der Waals surface area contributed by atoms with Crippen molar-refractivity contribution in [1.82, 2.24) is 0 Å². The maximum atomic E-state index is 13.2. The molecule has 0 saturated carbocycles. The highest BCUT2D eigenvalue weighted by Crippen LogP contribution is 2.26. The van der Waals surface area contributed by atoms with Crippen molar-refractivity contribution in [3.63, 3.8) is 0 Å². The van der Waals surface area contributed by atoms with Gasteiger partial charge in [0, 0.05) is 12.5 Å². The average molecular weight is 309 g/mol. The third-order valence-corrected chi connectivity index (χ3v) is 2.51. The number of aliphatic carboxylic acids is 1. The highest BCUT2D eigenvalue weighted by atomic mass is 19.2. The van der Waals surface area contributed by atoms with Crippen LogP contribution in [0.15, 0.2) is 6.07 Å². The molecule has 0 heterocycles. The van der Waals surface area contributed by atoms with Crippen LogP contribution in [0.25, 0.3) is 0 Å². The molecule has 0 saturated heterocycles. The quantitative estimate of drug-likeness (QED) is 0.587. The van der Waals surface area contributed by atoms with Crippen molar-refractivity contribution in [2.75, 3.05) is 6.61 Å². The number of hydrogen-bond donors (Lipinski definition) is 2. The Bertz CT molecular complexity index is 538. The highest BCUT2D eigenvalue weighted by Gasteiger charge is 2.23. The number of benzene rings is 1. The van der Waals surface area contributed by atoms with Gasteiger partial charge in [0.05, 0.1) is 6.04 Å². The number of nitrogens with two attached hydrogens (primary N) is 1. The Labute approximate surface area is 116 Å². The van der Waals surface area contributed by atoms with Gasteiger partial charge in [-0.05, 0) is 6.42 Å². The first-order chi connectivity index (χ1) is 9.73. The minimum Gasteiger partial charge on any atom is -0.481 e. The molecule has 0 bridgehead atoms. The van der Waals surface area contributed by atoms with Crippen molar-refractivity contribution < 1.29 is 37.0 Å². The third-order valence-electron chi connectivity index (χ3n) is 2.51. The molecule has 0 spiro atoms. The Morgan fingerprint density at radius 3 is 2.19 bits per heavy atom. The number of Topliss-reactive ketones (excluding diaryl/α,β-unsaturated/α-hetero) is 1. The smallest absolute Gasteiger partial charge is 0.303 e. The highest BCUT2D eigenvalue weighted by molar-refractivity contribution is 5.85. The fourth-order valence-electron chi connectivity index (χ4n) is 1.37. The number of carboxylic acids is 1. The Morgan fingerprint density at radius 1 is 1.19 bits per heavy atom. The lowest BCUT2D eigenvalue weighted by Gasteiger charge is -2.12. The molecule has 5 nitrogen and oxygen atoms in total. The van der Waals surface area contributed by atoms with Gasteiger partial charge < -0.3 is 15.6 Å². The SMILES string of the molecule is N[C@@H](CCC(=O)O)C(=O)COc1c(F)c(F)cc(F)c1F. The summed E-state index contributed by atoms with van der Waals surface area (Å²) < 4.78 is 56.6. The van der Waals surface area contributed by atoms with Crippen LogP contribution >= 0.6 is 0 Å². The predicted octanol–water partition coefficient (Wildman–Crippen LogP) is 1.38. The van der Waals surface area contributed by atoms with E-state index in [0.29, 0.717) is 0 Å². The van der Waals surface area contributed by atoms with E-state index >= 15 is 0 Å². The molecule has 0 amide bonds. The van der Waals surface area contributed by atoms with Gasteiger partial charge in [-0.1, -0.05) is 0 Å². The summed E-state index contributed by atoms with van der Waals surface area (Å²) in [6, 6.07) is -1.23.